The van der Waals surface area contributed by atoms with Crippen LogP contribution in [-0.2, 0) is 22.6 Å². The quantitative estimate of drug-likeness (QED) is 0.359. The Labute approximate surface area is 199 Å². The standard InChI is InChI=1S/C23H27N5O2.HI/c1-24-23(26-19-13-21(29)28(16-19)20-9-3-2-4-10-20)25-14-22(30)27-12-11-17-7-5-6-8-18(17)15-27;/h2-10,19H,11-16H2,1H3,(H2,24,25,26);1H. The number of nitrogens with one attached hydrogen (secondary N) is 2. The Bertz CT molecular complexity index is 950. The van der Waals surface area contributed by atoms with Crippen molar-refractivity contribution in [1.29, 1.82) is 0 Å². The highest BCUT2D eigenvalue weighted by Crippen LogP contribution is 2.21. The second-order valence-electron chi connectivity index (χ2n) is 7.65. The number of carbonyl (C=O) groups excluding carboxylic acids is 2. The number of carbonyl (C=O) groups is 2. The summed E-state index contributed by atoms with van der Waals surface area (Å²) in [5, 5.41) is 6.38. The molecule has 2 N–H and O–H groups in total. The van der Waals surface area contributed by atoms with Crippen LogP contribution in [0, 0.1) is 0 Å². The van der Waals surface area contributed by atoms with Crippen molar-refractivity contribution in [2.24, 2.45) is 4.99 Å². The largest absolute Gasteiger partial charge is 0.351 e. The number of para-hydroxylation sites is 1. The Kier molecular flexibility index (Phi) is 7.89. The summed E-state index contributed by atoms with van der Waals surface area (Å²) >= 11 is 0. The number of nitrogens with zero attached hydrogens (tertiary/aromatic N) is 3. The number of amides is 2. The molecule has 2 aromatic carbocycles. The molecule has 31 heavy (non-hydrogen) atoms. The number of benzene rings is 2. The average Bonchev–Trinajstić information content (AvgIpc) is 3.16. The van der Waals surface area contributed by atoms with Gasteiger partial charge in [0.25, 0.3) is 0 Å². The smallest absolute Gasteiger partial charge is 0.242 e. The molecule has 7 nitrogen and oxygen atoms in total. The topological polar surface area (TPSA) is 77.0 Å². The summed E-state index contributed by atoms with van der Waals surface area (Å²) in [7, 11) is 1.67. The Hall–Kier alpha value is -2.62. The van der Waals surface area contributed by atoms with E-state index in [4.69, 9.17) is 0 Å². The van der Waals surface area contributed by atoms with Crippen LogP contribution in [0.2, 0.25) is 0 Å². The van der Waals surface area contributed by atoms with Crippen LogP contribution in [0.25, 0.3) is 0 Å². The first-order valence-electron chi connectivity index (χ1n) is 10.3. The normalized spacial score (nSPS) is 18.3. The second kappa shape index (κ2) is 10.6. The minimum absolute atomic E-state index is 0. The van der Waals surface area contributed by atoms with Gasteiger partial charge in [0, 0.05) is 38.8 Å². The molecule has 2 heterocycles. The molecule has 0 spiro atoms. The predicted molar refractivity (Wildman–Crippen MR) is 133 cm³/mol. The number of hydrogen-bond donors (Lipinski definition) is 2. The van der Waals surface area contributed by atoms with Crippen LogP contribution >= 0.6 is 24.0 Å². The Morgan fingerprint density at radius 1 is 1.10 bits per heavy atom. The van der Waals surface area contributed by atoms with E-state index in [1.807, 2.05) is 47.4 Å². The van der Waals surface area contributed by atoms with E-state index in [1.54, 1.807) is 11.9 Å². The van der Waals surface area contributed by atoms with Crippen LogP contribution < -0.4 is 15.5 Å². The van der Waals surface area contributed by atoms with Gasteiger partial charge in [0.05, 0.1) is 12.6 Å². The number of halogens is 1. The van der Waals surface area contributed by atoms with E-state index < -0.39 is 0 Å². The highest BCUT2D eigenvalue weighted by molar-refractivity contribution is 14.0. The van der Waals surface area contributed by atoms with Gasteiger partial charge in [-0.2, -0.15) is 0 Å². The van der Waals surface area contributed by atoms with Crippen molar-refractivity contribution in [1.82, 2.24) is 15.5 Å². The molecule has 0 aliphatic carbocycles. The molecule has 0 aromatic heterocycles. The lowest BCUT2D eigenvalue weighted by molar-refractivity contribution is -0.130. The van der Waals surface area contributed by atoms with Gasteiger partial charge in [-0.25, -0.2) is 0 Å². The number of anilines is 1. The Morgan fingerprint density at radius 3 is 2.55 bits per heavy atom. The zero-order valence-electron chi connectivity index (χ0n) is 17.6. The van der Waals surface area contributed by atoms with Gasteiger partial charge < -0.3 is 20.4 Å². The predicted octanol–water partition coefficient (Wildman–Crippen LogP) is 2.16. The van der Waals surface area contributed by atoms with E-state index >= 15 is 0 Å². The van der Waals surface area contributed by atoms with Crippen LogP contribution in [0.3, 0.4) is 0 Å². The molecule has 164 valence electrons. The van der Waals surface area contributed by atoms with Crippen molar-refractivity contribution in [2.45, 2.75) is 25.4 Å². The minimum atomic E-state index is -0.0547. The fourth-order valence-corrected chi connectivity index (χ4v) is 4.03. The van der Waals surface area contributed by atoms with Gasteiger partial charge >= 0.3 is 0 Å². The van der Waals surface area contributed by atoms with Crippen molar-refractivity contribution in [2.75, 3.05) is 31.6 Å². The van der Waals surface area contributed by atoms with Crippen LogP contribution in [0.15, 0.2) is 59.6 Å². The maximum Gasteiger partial charge on any atom is 0.242 e. The first-order chi connectivity index (χ1) is 14.6. The molecule has 2 amide bonds. The molecule has 1 atom stereocenters. The van der Waals surface area contributed by atoms with Crippen LogP contribution in [-0.4, -0.2) is 55.4 Å². The molecule has 0 saturated carbocycles. The Morgan fingerprint density at radius 2 is 1.81 bits per heavy atom. The van der Waals surface area contributed by atoms with E-state index in [0.717, 1.165) is 18.7 Å². The summed E-state index contributed by atoms with van der Waals surface area (Å²) in [6.45, 7) is 2.11. The fourth-order valence-electron chi connectivity index (χ4n) is 4.03. The molecule has 4 rings (SSSR count). The van der Waals surface area contributed by atoms with Gasteiger partial charge in [-0.15, -0.1) is 24.0 Å². The van der Waals surface area contributed by atoms with Crippen LogP contribution in [0.4, 0.5) is 5.69 Å². The summed E-state index contributed by atoms with van der Waals surface area (Å²) < 4.78 is 0. The molecular weight excluding hydrogens is 505 g/mol. The number of rotatable bonds is 4. The number of hydrogen-bond acceptors (Lipinski definition) is 3. The van der Waals surface area contributed by atoms with Crippen LogP contribution in [0.5, 0.6) is 0 Å². The lowest BCUT2D eigenvalue weighted by Crippen LogP contribution is -2.48. The molecule has 2 aliphatic rings. The van der Waals surface area contributed by atoms with Crippen molar-refractivity contribution in [3.05, 3.63) is 65.7 Å². The first kappa shape index (κ1) is 23.1. The second-order valence-corrected chi connectivity index (χ2v) is 7.65. The molecule has 1 fully saturated rings. The summed E-state index contributed by atoms with van der Waals surface area (Å²) in [4.78, 5) is 32.9. The van der Waals surface area contributed by atoms with E-state index in [2.05, 4.69) is 27.8 Å². The van der Waals surface area contributed by atoms with Crippen molar-refractivity contribution < 1.29 is 9.59 Å². The molecular formula is C23H28IN5O2. The third kappa shape index (κ3) is 5.55. The third-order valence-corrected chi connectivity index (χ3v) is 5.65. The summed E-state index contributed by atoms with van der Waals surface area (Å²) in [6, 6.07) is 17.9. The van der Waals surface area contributed by atoms with Crippen molar-refractivity contribution in [3.63, 3.8) is 0 Å². The van der Waals surface area contributed by atoms with Gasteiger partial charge in [0.1, 0.15) is 0 Å². The lowest BCUT2D eigenvalue weighted by Gasteiger charge is -2.29. The maximum absolute atomic E-state index is 12.7. The van der Waals surface area contributed by atoms with E-state index in [0.29, 0.717) is 25.5 Å². The van der Waals surface area contributed by atoms with Crippen LogP contribution in [0.1, 0.15) is 17.5 Å². The van der Waals surface area contributed by atoms with Gasteiger partial charge in [-0.3, -0.25) is 14.6 Å². The summed E-state index contributed by atoms with van der Waals surface area (Å²) in [6.07, 6.45) is 1.28. The highest BCUT2D eigenvalue weighted by Gasteiger charge is 2.31. The zero-order valence-corrected chi connectivity index (χ0v) is 19.9. The zero-order chi connectivity index (χ0) is 20.9. The molecule has 2 aromatic rings. The first-order valence-corrected chi connectivity index (χ1v) is 10.3. The van der Waals surface area contributed by atoms with Crippen molar-refractivity contribution in [3.8, 4) is 0 Å². The number of guanidine groups is 1. The molecule has 0 radical (unpaired) electrons. The van der Waals surface area contributed by atoms with Gasteiger partial charge in [0.15, 0.2) is 5.96 Å². The van der Waals surface area contributed by atoms with Gasteiger partial charge in [-0.1, -0.05) is 42.5 Å². The third-order valence-electron chi connectivity index (χ3n) is 5.65. The SMILES string of the molecule is CN=C(NCC(=O)N1CCc2ccccc2C1)NC1CC(=O)N(c2ccccc2)C1.I. The molecule has 1 saturated heterocycles. The maximum atomic E-state index is 12.7. The van der Waals surface area contributed by atoms with Gasteiger partial charge in [-0.05, 0) is 29.7 Å². The molecule has 0 bridgehead atoms. The highest BCUT2D eigenvalue weighted by atomic mass is 127. The van der Waals surface area contributed by atoms with E-state index in [9.17, 15) is 9.59 Å². The monoisotopic (exact) mass is 533 g/mol. The minimum Gasteiger partial charge on any atom is -0.351 e. The van der Waals surface area contributed by atoms with Crippen molar-refractivity contribution >= 4 is 47.4 Å². The fraction of sp³-hybridized carbons (Fsp3) is 0.348. The average molecular weight is 533 g/mol. The Balaban J connectivity index is 0.00000272. The van der Waals surface area contributed by atoms with E-state index in [1.165, 1.54) is 11.1 Å². The summed E-state index contributed by atoms with van der Waals surface area (Å²) in [5.41, 5.74) is 3.43. The summed E-state index contributed by atoms with van der Waals surface area (Å²) in [5.74, 6) is 0.659. The number of fused-ring (bicyclic) bond motifs is 1. The number of aliphatic imine (C=N–C) groups is 1. The van der Waals surface area contributed by atoms with E-state index in [-0.39, 0.29) is 48.4 Å². The van der Waals surface area contributed by atoms with Gasteiger partial charge in [0.2, 0.25) is 11.8 Å². The molecule has 8 heteroatoms. The molecule has 1 unspecified atom stereocenters. The molecule has 2 aliphatic heterocycles. The lowest BCUT2D eigenvalue weighted by atomic mass is 10.00.